The van der Waals surface area contributed by atoms with Gasteiger partial charge in [0.1, 0.15) is 0 Å². The molecule has 1 amide bonds. The van der Waals surface area contributed by atoms with E-state index in [-0.39, 0.29) is 28.4 Å². The van der Waals surface area contributed by atoms with E-state index >= 15 is 0 Å². The summed E-state index contributed by atoms with van der Waals surface area (Å²) in [5, 5.41) is 20.2. The van der Waals surface area contributed by atoms with Crippen LogP contribution in [0.25, 0.3) is 0 Å². The number of nitro groups is 2. The van der Waals surface area contributed by atoms with E-state index in [0.717, 1.165) is 30.3 Å². The molecule has 0 saturated heterocycles. The summed E-state index contributed by atoms with van der Waals surface area (Å²) >= 11 is 21.2. The monoisotopic (exact) mass is 1120 g/mol. The number of nitrogens with two attached hydrogens (primary N) is 1. The van der Waals surface area contributed by atoms with Crippen molar-refractivity contribution in [2.45, 2.75) is 36.0 Å². The molecule has 0 aromatic heterocycles. The molecule has 3 N–H and O–H groups in total. The highest BCUT2D eigenvalue weighted by molar-refractivity contribution is 9.11. The first-order valence-corrected chi connectivity index (χ1v) is 17.9. The van der Waals surface area contributed by atoms with Crippen molar-refractivity contribution in [1.29, 1.82) is 0 Å². The van der Waals surface area contributed by atoms with Gasteiger partial charge in [-0.25, -0.2) is 8.78 Å². The number of alkyl halides is 14. The molecule has 4 aromatic carbocycles. The van der Waals surface area contributed by atoms with Crippen molar-refractivity contribution >= 4 is 101 Å². The van der Waals surface area contributed by atoms with E-state index in [1.165, 1.54) is 6.07 Å². The zero-order valence-corrected chi connectivity index (χ0v) is 34.6. The van der Waals surface area contributed by atoms with Crippen LogP contribution in [0, 0.1) is 31.9 Å². The number of carbonyl (C=O) groups excluding carboxylic acids is 2. The van der Waals surface area contributed by atoms with Gasteiger partial charge in [-0.2, -0.15) is 61.5 Å². The Balaban J connectivity index is 0.000000361. The minimum Gasteiger partial charge on any atom is -0.397 e. The molecule has 0 aliphatic carbocycles. The largest absolute Gasteiger partial charge is 0.435 e. The normalized spacial score (nSPS) is 12.3. The second-order valence-corrected chi connectivity index (χ2v) is 14.4. The third-order valence-electron chi connectivity index (χ3n) is 7.52. The first kappa shape index (κ1) is 54.5. The summed E-state index contributed by atoms with van der Waals surface area (Å²) in [6.07, 6.45) is -25.2. The fourth-order valence-corrected chi connectivity index (χ4v) is 6.36. The van der Waals surface area contributed by atoms with Crippen LogP contribution in [0.4, 0.5) is 93.0 Å². The molecule has 0 heterocycles. The van der Waals surface area contributed by atoms with Gasteiger partial charge >= 0.3 is 47.4 Å². The van der Waals surface area contributed by atoms with Crippen LogP contribution in [-0.2, 0) is 11.3 Å². The van der Waals surface area contributed by atoms with Crippen molar-refractivity contribution in [3.8, 4) is 0 Å². The number of nitrogens with zero attached hydrogens (tertiary/aromatic N) is 2. The molecule has 344 valence electrons. The van der Waals surface area contributed by atoms with Crippen molar-refractivity contribution in [2.24, 2.45) is 0 Å². The number of amides is 1. The first-order valence-electron chi connectivity index (χ1n) is 15.1. The molecule has 0 atom stereocenters. The lowest BCUT2D eigenvalue weighted by atomic mass is 9.94. The molecule has 0 spiro atoms. The van der Waals surface area contributed by atoms with Gasteiger partial charge in [0.2, 0.25) is 11.6 Å². The van der Waals surface area contributed by atoms with E-state index in [1.54, 1.807) is 0 Å². The predicted octanol–water partition coefficient (Wildman–Crippen LogP) is 13.8. The minimum absolute atomic E-state index is 0.00723. The number of hydrogen-bond donors (Lipinski definition) is 2. The van der Waals surface area contributed by atoms with Crippen molar-refractivity contribution in [3.63, 3.8) is 0 Å². The Bertz CT molecular complexity index is 2330. The molecular formula is C32H13Br2Cl3F16N4O6. The summed E-state index contributed by atoms with van der Waals surface area (Å²) in [6.45, 7) is 0. The highest BCUT2D eigenvalue weighted by atomic mass is 79.9. The predicted molar refractivity (Wildman–Crippen MR) is 197 cm³/mol. The topological polar surface area (TPSA) is 158 Å². The van der Waals surface area contributed by atoms with Crippen LogP contribution in [0.5, 0.6) is 0 Å². The van der Waals surface area contributed by atoms with Crippen molar-refractivity contribution in [3.05, 3.63) is 134 Å². The molecule has 0 aliphatic heterocycles. The van der Waals surface area contributed by atoms with E-state index in [1.807, 2.05) is 5.32 Å². The van der Waals surface area contributed by atoms with E-state index < -0.39 is 123 Å². The summed E-state index contributed by atoms with van der Waals surface area (Å²) in [6, 6.07) is 6.34. The zero-order valence-electron chi connectivity index (χ0n) is 29.1. The van der Waals surface area contributed by atoms with E-state index in [2.05, 4.69) is 31.9 Å². The van der Waals surface area contributed by atoms with Crippen LogP contribution in [-0.4, -0.2) is 45.7 Å². The van der Waals surface area contributed by atoms with Crippen molar-refractivity contribution in [1.82, 2.24) is 0 Å². The summed E-state index contributed by atoms with van der Waals surface area (Å²) < 4.78 is 206. The second-order valence-electron chi connectivity index (χ2n) is 11.5. The van der Waals surface area contributed by atoms with Crippen LogP contribution >= 0.6 is 66.7 Å². The fraction of sp³-hybridized carbons (Fsp3) is 0.188. The number of anilines is 2. The number of benzene rings is 4. The average Bonchev–Trinajstić information content (AvgIpc) is 3.12. The van der Waals surface area contributed by atoms with Gasteiger partial charge in [-0.05, 0) is 79.9 Å². The molecule has 63 heavy (non-hydrogen) atoms. The lowest BCUT2D eigenvalue weighted by molar-refractivity contribution is -0.387. The molecule has 0 fully saturated rings. The summed E-state index contributed by atoms with van der Waals surface area (Å²) in [4.78, 5) is 41.7. The maximum absolute atomic E-state index is 14.2. The maximum Gasteiger partial charge on any atom is 0.435 e. The highest BCUT2D eigenvalue weighted by Gasteiger charge is 2.74. The number of nitrogen functional groups attached to an aromatic ring is 1. The molecule has 31 heteroatoms. The van der Waals surface area contributed by atoms with E-state index in [0.29, 0.717) is 6.07 Å². The number of carbonyl (C=O) groups is 2. The number of nitrogens with one attached hydrogen (secondary N) is 1. The number of hydrogen-bond acceptors (Lipinski definition) is 7. The SMILES string of the molecule is Nc1c(Cl)cc(C(F)(C(F)(F)F)C(F)(F)F)cc1Br.O=C(Cl)c1cccc([N+](=O)[O-])c1F.O=C(Nc1c(Cl)cc(C(F)(C(F)(F)F)C(F)(F)F)cc1Br)c1cccc([N+](=O)[O-])c1F. The fourth-order valence-electron chi connectivity index (χ4n) is 4.48. The van der Waals surface area contributed by atoms with Gasteiger partial charge in [0.25, 0.3) is 11.1 Å². The summed E-state index contributed by atoms with van der Waals surface area (Å²) in [5.74, 6) is -4.12. The van der Waals surface area contributed by atoms with Crippen LogP contribution in [0.15, 0.2) is 69.6 Å². The summed E-state index contributed by atoms with van der Waals surface area (Å²) in [5.41, 5.74) is -13.8. The standard InChI is InChI=1S/C16H6BrClF8N2O3.C9H4BrClF7N.C7H3ClFNO3/c17-8-4-6(14(20,15(21,22)23)16(24,25)26)5-9(18)12(8)27-13(29)7-2-1-3-10(11(7)19)28(30)31;10-4-1-3(2-5(11)6(4)19)7(12,8(13,14)15)9(16,17)18;8-7(11)4-2-1-3-5(6(4)9)10(12)13/h1-5H,(H,27,29);1-2H,19H2;1-3H. The van der Waals surface area contributed by atoms with Gasteiger partial charge in [0, 0.05) is 32.2 Å². The second kappa shape index (κ2) is 19.6. The van der Waals surface area contributed by atoms with Gasteiger partial charge in [-0.15, -0.1) is 0 Å². The number of halogens is 21. The third-order valence-corrected chi connectivity index (χ3v) is 9.62. The van der Waals surface area contributed by atoms with Crippen molar-refractivity contribution < 1.29 is 89.7 Å². The van der Waals surface area contributed by atoms with E-state index in [4.69, 9.17) is 40.5 Å². The van der Waals surface area contributed by atoms with Crippen molar-refractivity contribution in [2.75, 3.05) is 11.1 Å². The van der Waals surface area contributed by atoms with Gasteiger partial charge in [-0.1, -0.05) is 35.3 Å². The third kappa shape index (κ3) is 11.5. The molecule has 4 rings (SSSR count). The Morgan fingerprint density at radius 3 is 1.29 bits per heavy atom. The minimum atomic E-state index is -6.40. The van der Waals surface area contributed by atoms with Crippen LogP contribution in [0.3, 0.4) is 0 Å². The first-order chi connectivity index (χ1) is 28.4. The molecule has 0 saturated carbocycles. The average molecular weight is 1120 g/mol. The smallest absolute Gasteiger partial charge is 0.397 e. The Morgan fingerprint density at radius 2 is 0.952 bits per heavy atom. The quantitative estimate of drug-likeness (QED) is 0.0613. The van der Waals surface area contributed by atoms with Crippen LogP contribution in [0.1, 0.15) is 31.8 Å². The number of nitro benzene ring substituents is 2. The van der Waals surface area contributed by atoms with Crippen LogP contribution in [0.2, 0.25) is 10.0 Å². The van der Waals surface area contributed by atoms with Gasteiger partial charge in [0.05, 0.1) is 42.4 Å². The Morgan fingerprint density at radius 1 is 0.603 bits per heavy atom. The molecule has 10 nitrogen and oxygen atoms in total. The number of rotatable bonds is 7. The summed E-state index contributed by atoms with van der Waals surface area (Å²) in [7, 11) is 0. The molecule has 0 aliphatic rings. The van der Waals surface area contributed by atoms with Crippen LogP contribution < -0.4 is 11.1 Å². The van der Waals surface area contributed by atoms with E-state index in [9.17, 15) is 100 Å². The van der Waals surface area contributed by atoms with Gasteiger partial charge in [-0.3, -0.25) is 29.8 Å². The Labute approximate surface area is 369 Å². The molecule has 0 radical (unpaired) electrons. The Hall–Kier alpha value is -4.67. The molecule has 4 aromatic rings. The lowest BCUT2D eigenvalue weighted by Gasteiger charge is -2.30. The zero-order chi connectivity index (χ0) is 49.2. The molecular weight excluding hydrogens is 1110 g/mol. The van der Waals surface area contributed by atoms with Gasteiger partial charge in [0.15, 0.2) is 0 Å². The Kier molecular flexibility index (Phi) is 16.9. The molecule has 0 bridgehead atoms. The maximum atomic E-state index is 14.2. The lowest BCUT2D eigenvalue weighted by Crippen LogP contribution is -2.50. The van der Waals surface area contributed by atoms with Gasteiger partial charge < -0.3 is 11.1 Å². The highest BCUT2D eigenvalue weighted by Crippen LogP contribution is 2.56. The molecule has 0 unspecified atom stereocenters.